The minimum Gasteiger partial charge on any atom is -0.366 e. The van der Waals surface area contributed by atoms with Crippen molar-refractivity contribution in [1.29, 1.82) is 0 Å². The lowest BCUT2D eigenvalue weighted by Crippen LogP contribution is -2.58. The number of nitrogens with zero attached hydrogens (tertiary/aromatic N) is 2. The topological polar surface area (TPSA) is 23.6 Å². The summed E-state index contributed by atoms with van der Waals surface area (Å²) in [5.41, 5.74) is 1.03. The third kappa shape index (κ3) is 3.31. The highest BCUT2D eigenvalue weighted by Gasteiger charge is 2.48. The van der Waals surface area contributed by atoms with E-state index >= 15 is 0 Å². The molecule has 1 amide bonds. The highest BCUT2D eigenvalue weighted by atomic mass is 19.4. The van der Waals surface area contributed by atoms with Crippen molar-refractivity contribution >= 4 is 11.6 Å². The molecule has 23 heavy (non-hydrogen) atoms. The molecule has 2 atom stereocenters. The van der Waals surface area contributed by atoms with Crippen molar-refractivity contribution < 1.29 is 18.0 Å². The van der Waals surface area contributed by atoms with Crippen LogP contribution < -0.4 is 4.90 Å². The van der Waals surface area contributed by atoms with E-state index in [0.29, 0.717) is 12.8 Å². The first kappa shape index (κ1) is 16.1. The van der Waals surface area contributed by atoms with Crippen molar-refractivity contribution in [2.24, 2.45) is 0 Å². The van der Waals surface area contributed by atoms with Crippen LogP contribution >= 0.6 is 0 Å². The average molecular weight is 326 g/mol. The van der Waals surface area contributed by atoms with Crippen molar-refractivity contribution in [2.75, 3.05) is 18.0 Å². The van der Waals surface area contributed by atoms with Crippen LogP contribution in [0.1, 0.15) is 32.1 Å². The van der Waals surface area contributed by atoms with Crippen molar-refractivity contribution in [3.8, 4) is 0 Å². The fraction of sp³-hybridized carbons (Fsp3) is 0.588. The van der Waals surface area contributed by atoms with E-state index in [0.717, 1.165) is 36.4 Å². The third-order valence-electron chi connectivity index (χ3n) is 4.88. The second-order valence-electron chi connectivity index (χ2n) is 6.30. The molecule has 2 aliphatic rings. The predicted molar refractivity (Wildman–Crippen MR) is 82.2 cm³/mol. The van der Waals surface area contributed by atoms with Gasteiger partial charge in [0.25, 0.3) is 0 Å². The van der Waals surface area contributed by atoms with Crippen molar-refractivity contribution in [2.45, 2.75) is 50.4 Å². The number of likely N-dealkylation sites (tertiary alicyclic amines) is 1. The zero-order chi connectivity index (χ0) is 16.4. The second kappa shape index (κ2) is 6.42. The van der Waals surface area contributed by atoms with Gasteiger partial charge in [-0.15, -0.1) is 0 Å². The maximum Gasteiger partial charge on any atom is 0.471 e. The van der Waals surface area contributed by atoms with Crippen LogP contribution in [-0.2, 0) is 4.79 Å². The Morgan fingerprint density at radius 3 is 2.35 bits per heavy atom. The van der Waals surface area contributed by atoms with Crippen molar-refractivity contribution in [3.05, 3.63) is 30.3 Å². The number of rotatable bonds is 1. The molecule has 0 saturated carbocycles. The lowest BCUT2D eigenvalue weighted by molar-refractivity contribution is -0.188. The molecule has 0 N–H and O–H groups in total. The Bertz CT molecular complexity index is 547. The SMILES string of the molecule is O=C(N1CCCC[C@@H]2[C@H]1CCCN2c1ccccc1)C(F)(F)F. The molecule has 0 bridgehead atoms. The molecule has 6 heteroatoms. The summed E-state index contributed by atoms with van der Waals surface area (Å²) in [5.74, 6) is -1.68. The van der Waals surface area contributed by atoms with Crippen LogP contribution in [0, 0.1) is 0 Å². The first-order valence-corrected chi connectivity index (χ1v) is 8.18. The molecule has 2 aliphatic heterocycles. The van der Waals surface area contributed by atoms with Crippen LogP contribution in [0.25, 0.3) is 0 Å². The van der Waals surface area contributed by atoms with Gasteiger partial charge in [-0.1, -0.05) is 18.2 Å². The Labute approximate surface area is 134 Å². The Hall–Kier alpha value is -1.72. The maximum absolute atomic E-state index is 12.9. The van der Waals surface area contributed by atoms with Crippen molar-refractivity contribution in [1.82, 2.24) is 4.90 Å². The normalized spacial score (nSPS) is 25.7. The molecule has 0 unspecified atom stereocenters. The van der Waals surface area contributed by atoms with Gasteiger partial charge in [0.1, 0.15) is 0 Å². The number of carbonyl (C=O) groups excluding carboxylic acids is 1. The molecule has 2 saturated heterocycles. The van der Waals surface area contributed by atoms with Crippen LogP contribution in [-0.4, -0.2) is 42.2 Å². The van der Waals surface area contributed by atoms with Crippen LogP contribution in [0.5, 0.6) is 0 Å². The van der Waals surface area contributed by atoms with Gasteiger partial charge >= 0.3 is 12.1 Å². The molecule has 3 rings (SSSR count). The summed E-state index contributed by atoms with van der Waals surface area (Å²) in [6.07, 6.45) is -1.01. The number of para-hydroxylation sites is 1. The summed E-state index contributed by atoms with van der Waals surface area (Å²) in [6.45, 7) is 1.04. The number of hydrogen-bond donors (Lipinski definition) is 0. The molecular formula is C17H21F3N2O. The Morgan fingerprint density at radius 1 is 0.957 bits per heavy atom. The van der Waals surface area contributed by atoms with Gasteiger partial charge in [0.15, 0.2) is 0 Å². The van der Waals surface area contributed by atoms with Gasteiger partial charge in [-0.25, -0.2) is 0 Å². The van der Waals surface area contributed by atoms with Gasteiger partial charge in [-0.2, -0.15) is 13.2 Å². The first-order valence-electron chi connectivity index (χ1n) is 8.18. The highest BCUT2D eigenvalue weighted by molar-refractivity contribution is 5.82. The molecule has 2 fully saturated rings. The number of carbonyl (C=O) groups is 1. The highest BCUT2D eigenvalue weighted by Crippen LogP contribution is 2.34. The van der Waals surface area contributed by atoms with E-state index in [-0.39, 0.29) is 18.6 Å². The lowest BCUT2D eigenvalue weighted by atomic mass is 9.91. The molecule has 0 aliphatic carbocycles. The predicted octanol–water partition coefficient (Wildman–Crippen LogP) is 3.60. The summed E-state index contributed by atoms with van der Waals surface area (Å²) in [7, 11) is 0. The quantitative estimate of drug-likeness (QED) is 0.787. The summed E-state index contributed by atoms with van der Waals surface area (Å²) in [5, 5.41) is 0. The van der Waals surface area contributed by atoms with E-state index in [1.54, 1.807) is 0 Å². The van der Waals surface area contributed by atoms with Crippen LogP contribution in [0.2, 0.25) is 0 Å². The molecule has 1 aromatic carbocycles. The van der Waals surface area contributed by atoms with Crippen LogP contribution in [0.3, 0.4) is 0 Å². The lowest BCUT2D eigenvalue weighted by Gasteiger charge is -2.46. The van der Waals surface area contributed by atoms with Crippen molar-refractivity contribution in [3.63, 3.8) is 0 Å². The third-order valence-corrected chi connectivity index (χ3v) is 4.88. The minimum absolute atomic E-state index is 0.0278. The summed E-state index contributed by atoms with van der Waals surface area (Å²) in [6, 6.07) is 9.41. The molecule has 0 aromatic heterocycles. The molecule has 1 aromatic rings. The largest absolute Gasteiger partial charge is 0.471 e. The molecule has 0 spiro atoms. The number of fused-ring (bicyclic) bond motifs is 1. The number of alkyl halides is 3. The van der Waals surface area contributed by atoms with E-state index in [2.05, 4.69) is 4.90 Å². The summed E-state index contributed by atoms with van der Waals surface area (Å²) in [4.78, 5) is 15.1. The molecular weight excluding hydrogens is 305 g/mol. The average Bonchev–Trinajstić information content (AvgIpc) is 2.76. The van der Waals surface area contributed by atoms with Crippen LogP contribution in [0.4, 0.5) is 18.9 Å². The number of anilines is 1. The van der Waals surface area contributed by atoms with Gasteiger partial charge in [0.05, 0.1) is 6.04 Å². The van der Waals surface area contributed by atoms with E-state index in [9.17, 15) is 18.0 Å². The smallest absolute Gasteiger partial charge is 0.366 e. The first-order chi connectivity index (χ1) is 11.0. The number of amides is 1. The Morgan fingerprint density at radius 2 is 1.65 bits per heavy atom. The fourth-order valence-electron chi connectivity index (χ4n) is 3.90. The Kier molecular flexibility index (Phi) is 4.50. The maximum atomic E-state index is 12.9. The zero-order valence-corrected chi connectivity index (χ0v) is 12.9. The number of hydrogen-bond acceptors (Lipinski definition) is 2. The van der Waals surface area contributed by atoms with Gasteiger partial charge < -0.3 is 9.80 Å². The van der Waals surface area contributed by atoms with Gasteiger partial charge in [-0.3, -0.25) is 4.79 Å². The monoisotopic (exact) mass is 326 g/mol. The van der Waals surface area contributed by atoms with Gasteiger partial charge in [0, 0.05) is 24.8 Å². The Balaban J connectivity index is 1.88. The van der Waals surface area contributed by atoms with E-state index in [4.69, 9.17) is 0 Å². The number of halogens is 3. The number of piperidine rings is 1. The molecule has 126 valence electrons. The molecule has 2 heterocycles. The van der Waals surface area contributed by atoms with Crippen LogP contribution in [0.15, 0.2) is 30.3 Å². The zero-order valence-electron chi connectivity index (χ0n) is 12.9. The van der Waals surface area contributed by atoms with E-state index in [1.807, 2.05) is 30.3 Å². The molecule has 3 nitrogen and oxygen atoms in total. The standard InChI is InChI=1S/C17H21F3N2O/c18-17(19,20)16(23)22-11-5-4-9-14-15(22)10-6-12-21(14)13-7-2-1-3-8-13/h1-3,7-8,14-15H,4-6,9-12H2/t14-,15-/m1/s1. The minimum atomic E-state index is -4.79. The van der Waals surface area contributed by atoms with E-state index in [1.165, 1.54) is 0 Å². The van der Waals surface area contributed by atoms with Gasteiger partial charge in [-0.05, 0) is 44.2 Å². The van der Waals surface area contributed by atoms with E-state index < -0.39 is 12.1 Å². The van der Waals surface area contributed by atoms with Gasteiger partial charge in [0.2, 0.25) is 0 Å². The number of benzene rings is 1. The summed E-state index contributed by atoms with van der Waals surface area (Å²) >= 11 is 0. The summed E-state index contributed by atoms with van der Waals surface area (Å²) < 4.78 is 38.8. The fourth-order valence-corrected chi connectivity index (χ4v) is 3.90. The second-order valence-corrected chi connectivity index (χ2v) is 6.30. The molecule has 0 radical (unpaired) electrons.